The monoisotopic (exact) mass is 192 g/mol. The van der Waals surface area contributed by atoms with E-state index in [-0.39, 0.29) is 23.6 Å². The van der Waals surface area contributed by atoms with E-state index in [0.29, 0.717) is 6.42 Å². The second kappa shape index (κ2) is 3.30. The van der Waals surface area contributed by atoms with Gasteiger partial charge in [-0.05, 0) is 6.42 Å². The minimum absolute atomic E-state index is 0.0699. The fraction of sp³-hybridized carbons (Fsp3) is 0.833. The molecule has 0 bridgehead atoms. The lowest BCUT2D eigenvalue weighted by molar-refractivity contribution is 0.240. The minimum atomic E-state index is -2.89. The van der Waals surface area contributed by atoms with Crippen molar-refractivity contribution in [2.75, 3.05) is 18.6 Å². The smallest absolute Gasteiger partial charge is 0.314 e. The lowest BCUT2D eigenvalue weighted by Crippen LogP contribution is -2.41. The van der Waals surface area contributed by atoms with E-state index in [9.17, 15) is 13.2 Å². The van der Waals surface area contributed by atoms with Gasteiger partial charge >= 0.3 is 6.03 Å². The molecule has 0 unspecified atom stereocenters. The van der Waals surface area contributed by atoms with E-state index in [4.69, 9.17) is 0 Å². The summed E-state index contributed by atoms with van der Waals surface area (Å²) in [7, 11) is -1.39. The molecule has 0 spiro atoms. The number of amides is 2. The van der Waals surface area contributed by atoms with Gasteiger partial charge in [0.05, 0.1) is 11.5 Å². The van der Waals surface area contributed by atoms with Crippen molar-refractivity contribution in [1.82, 2.24) is 10.6 Å². The van der Waals surface area contributed by atoms with Gasteiger partial charge in [-0.3, -0.25) is 0 Å². The van der Waals surface area contributed by atoms with Crippen molar-refractivity contribution in [3.63, 3.8) is 0 Å². The Morgan fingerprint density at radius 3 is 2.58 bits per heavy atom. The van der Waals surface area contributed by atoms with Gasteiger partial charge in [-0.1, -0.05) is 0 Å². The molecule has 0 aliphatic carbocycles. The zero-order valence-corrected chi connectivity index (χ0v) is 7.65. The summed E-state index contributed by atoms with van der Waals surface area (Å²) in [5, 5.41) is 4.93. The quantitative estimate of drug-likeness (QED) is 0.565. The molecule has 1 rings (SSSR count). The van der Waals surface area contributed by atoms with Crippen LogP contribution in [0.1, 0.15) is 6.42 Å². The maximum atomic E-state index is 10.9. The highest BCUT2D eigenvalue weighted by Gasteiger charge is 2.28. The second-order valence-corrected chi connectivity index (χ2v) is 5.05. The Morgan fingerprint density at radius 2 is 2.17 bits per heavy atom. The predicted molar refractivity (Wildman–Crippen MR) is 44.7 cm³/mol. The first-order chi connectivity index (χ1) is 5.53. The number of hydrogen-bond acceptors (Lipinski definition) is 3. The van der Waals surface area contributed by atoms with Gasteiger partial charge in [0.1, 0.15) is 0 Å². The Kier molecular flexibility index (Phi) is 2.56. The van der Waals surface area contributed by atoms with Crippen molar-refractivity contribution in [2.24, 2.45) is 0 Å². The number of carbonyl (C=O) groups is 1. The van der Waals surface area contributed by atoms with E-state index in [1.807, 2.05) is 0 Å². The SMILES string of the molecule is CNC(=O)N[C@H]1CCS(=O)(=O)C1. The van der Waals surface area contributed by atoms with Crippen molar-refractivity contribution in [3.8, 4) is 0 Å². The Balaban J connectivity index is 2.43. The van der Waals surface area contributed by atoms with Crippen molar-refractivity contribution in [2.45, 2.75) is 12.5 Å². The maximum Gasteiger partial charge on any atom is 0.314 e. The van der Waals surface area contributed by atoms with Gasteiger partial charge in [0.2, 0.25) is 0 Å². The summed E-state index contributed by atoms with van der Waals surface area (Å²) < 4.78 is 21.9. The second-order valence-electron chi connectivity index (χ2n) is 2.82. The fourth-order valence-electron chi connectivity index (χ4n) is 1.17. The van der Waals surface area contributed by atoms with Crippen LogP contribution in [0.3, 0.4) is 0 Å². The van der Waals surface area contributed by atoms with E-state index in [0.717, 1.165) is 0 Å². The van der Waals surface area contributed by atoms with Crippen molar-refractivity contribution >= 4 is 15.9 Å². The van der Waals surface area contributed by atoms with E-state index in [1.54, 1.807) is 0 Å². The van der Waals surface area contributed by atoms with Crippen LogP contribution in [0, 0.1) is 0 Å². The van der Waals surface area contributed by atoms with Gasteiger partial charge in [-0.25, -0.2) is 13.2 Å². The highest BCUT2D eigenvalue weighted by molar-refractivity contribution is 7.91. The summed E-state index contributed by atoms with van der Waals surface area (Å²) in [6, 6.07) is -0.535. The molecule has 1 saturated heterocycles. The van der Waals surface area contributed by atoms with Gasteiger partial charge in [-0.15, -0.1) is 0 Å². The standard InChI is InChI=1S/C6H12N2O3S/c1-7-6(9)8-5-2-3-12(10,11)4-5/h5H,2-4H2,1H3,(H2,7,8,9)/t5-/m0/s1. The minimum Gasteiger partial charge on any atom is -0.341 e. The topological polar surface area (TPSA) is 75.3 Å². The average Bonchev–Trinajstić information content (AvgIpc) is 2.30. The van der Waals surface area contributed by atoms with Gasteiger partial charge < -0.3 is 10.6 Å². The summed E-state index contributed by atoms with van der Waals surface area (Å²) in [6.45, 7) is 0. The van der Waals surface area contributed by atoms with E-state index in [2.05, 4.69) is 10.6 Å². The molecule has 0 aromatic carbocycles. The summed E-state index contributed by atoms with van der Waals surface area (Å²) in [5.41, 5.74) is 0. The van der Waals surface area contributed by atoms with Gasteiger partial charge in [0, 0.05) is 13.1 Å². The third kappa shape index (κ3) is 2.37. The summed E-state index contributed by atoms with van der Waals surface area (Å²) >= 11 is 0. The lowest BCUT2D eigenvalue weighted by Gasteiger charge is -2.08. The zero-order chi connectivity index (χ0) is 9.19. The van der Waals surface area contributed by atoms with Crippen LogP contribution in [0.4, 0.5) is 4.79 Å². The summed E-state index contributed by atoms with van der Waals surface area (Å²) in [5.74, 6) is 0.252. The normalized spacial score (nSPS) is 26.6. The Morgan fingerprint density at radius 1 is 1.50 bits per heavy atom. The summed E-state index contributed by atoms with van der Waals surface area (Å²) in [6.07, 6.45) is 0.524. The van der Waals surface area contributed by atoms with E-state index >= 15 is 0 Å². The third-order valence-electron chi connectivity index (χ3n) is 1.79. The first-order valence-corrected chi connectivity index (χ1v) is 5.54. The molecule has 5 nitrogen and oxygen atoms in total. The van der Waals surface area contributed by atoms with Crippen LogP contribution in [0.2, 0.25) is 0 Å². The predicted octanol–water partition coefficient (Wildman–Crippen LogP) is -0.897. The van der Waals surface area contributed by atoms with Gasteiger partial charge in [0.25, 0.3) is 0 Å². The van der Waals surface area contributed by atoms with Crippen LogP contribution in [0.15, 0.2) is 0 Å². The molecule has 2 N–H and O–H groups in total. The van der Waals surface area contributed by atoms with Crippen LogP contribution in [0.25, 0.3) is 0 Å². The number of carbonyl (C=O) groups excluding carboxylic acids is 1. The molecule has 70 valence electrons. The highest BCUT2D eigenvalue weighted by atomic mass is 32.2. The fourth-order valence-corrected chi connectivity index (χ4v) is 2.84. The van der Waals surface area contributed by atoms with Gasteiger partial charge in [0.15, 0.2) is 9.84 Å². The summed E-state index contributed by atoms with van der Waals surface area (Å²) in [4.78, 5) is 10.8. The average molecular weight is 192 g/mol. The molecule has 0 aromatic rings. The number of urea groups is 1. The largest absolute Gasteiger partial charge is 0.341 e. The lowest BCUT2D eigenvalue weighted by atomic mass is 10.3. The van der Waals surface area contributed by atoms with Gasteiger partial charge in [-0.2, -0.15) is 0 Å². The molecular formula is C6H12N2O3S. The van der Waals surface area contributed by atoms with Crippen LogP contribution >= 0.6 is 0 Å². The first kappa shape index (κ1) is 9.31. The maximum absolute atomic E-state index is 10.9. The molecule has 1 aliphatic heterocycles. The number of rotatable bonds is 1. The molecule has 2 amide bonds. The van der Waals surface area contributed by atoms with Crippen molar-refractivity contribution < 1.29 is 13.2 Å². The molecule has 1 atom stereocenters. The van der Waals surface area contributed by atoms with Crippen molar-refractivity contribution in [3.05, 3.63) is 0 Å². The number of hydrogen-bond donors (Lipinski definition) is 2. The zero-order valence-electron chi connectivity index (χ0n) is 6.83. The molecule has 1 heterocycles. The van der Waals surface area contributed by atoms with E-state index < -0.39 is 9.84 Å². The van der Waals surface area contributed by atoms with Crippen LogP contribution < -0.4 is 10.6 Å². The molecule has 6 heteroatoms. The number of sulfone groups is 1. The van der Waals surface area contributed by atoms with E-state index in [1.165, 1.54) is 7.05 Å². The third-order valence-corrected chi connectivity index (χ3v) is 3.56. The molecule has 1 aliphatic rings. The highest BCUT2D eigenvalue weighted by Crippen LogP contribution is 2.10. The molecule has 12 heavy (non-hydrogen) atoms. The Hall–Kier alpha value is -0.780. The molecule has 0 saturated carbocycles. The first-order valence-electron chi connectivity index (χ1n) is 3.72. The van der Waals surface area contributed by atoms with Crippen molar-refractivity contribution in [1.29, 1.82) is 0 Å². The molecule has 0 radical (unpaired) electrons. The molecule has 0 aromatic heterocycles. The van der Waals surface area contributed by atoms with Crippen LogP contribution in [0.5, 0.6) is 0 Å². The number of nitrogens with one attached hydrogen (secondary N) is 2. The van der Waals surface area contributed by atoms with Crippen LogP contribution in [-0.2, 0) is 9.84 Å². The Labute approximate surface area is 71.4 Å². The van der Waals surface area contributed by atoms with Crippen LogP contribution in [-0.4, -0.2) is 39.0 Å². The Bertz CT molecular complexity index is 273. The molecule has 1 fully saturated rings. The molecular weight excluding hydrogens is 180 g/mol.